The molecule has 0 fully saturated rings. The molecule has 0 aliphatic rings. The molecule has 0 unspecified atom stereocenters. The zero-order valence-corrected chi connectivity index (χ0v) is 8.90. The van der Waals surface area contributed by atoms with Gasteiger partial charge in [0.15, 0.2) is 0 Å². The predicted molar refractivity (Wildman–Crippen MR) is 49.9 cm³/mol. The average molecular weight is 257 g/mol. The summed E-state index contributed by atoms with van der Waals surface area (Å²) in [5, 5.41) is 0. The third-order valence-electron chi connectivity index (χ3n) is 1.74. The summed E-state index contributed by atoms with van der Waals surface area (Å²) >= 11 is 0. The highest BCUT2D eigenvalue weighted by molar-refractivity contribution is 7.90. The molecule has 0 atom stereocenters. The lowest BCUT2D eigenvalue weighted by Gasteiger charge is -2.08. The number of halogens is 3. The molecule has 9 heteroatoms. The molecule has 0 aliphatic carbocycles. The SMILES string of the molecule is O=S(=O)(NCCCc1ncc[nH]1)C(F)(F)F. The molecule has 1 aromatic rings. The van der Waals surface area contributed by atoms with E-state index in [0.717, 1.165) is 0 Å². The minimum Gasteiger partial charge on any atom is -0.349 e. The van der Waals surface area contributed by atoms with Gasteiger partial charge in [0.2, 0.25) is 0 Å². The van der Waals surface area contributed by atoms with Gasteiger partial charge in [0.25, 0.3) is 0 Å². The van der Waals surface area contributed by atoms with Crippen LogP contribution in [0.5, 0.6) is 0 Å². The van der Waals surface area contributed by atoms with Crippen molar-refractivity contribution in [3.05, 3.63) is 18.2 Å². The third-order valence-corrected chi connectivity index (χ3v) is 2.94. The van der Waals surface area contributed by atoms with Crippen LogP contribution in [-0.4, -0.2) is 30.4 Å². The molecule has 2 N–H and O–H groups in total. The summed E-state index contributed by atoms with van der Waals surface area (Å²) in [6.07, 6.45) is 3.71. The number of aromatic nitrogens is 2. The Hall–Kier alpha value is -1.09. The summed E-state index contributed by atoms with van der Waals surface area (Å²) in [6.45, 7) is -0.275. The van der Waals surface area contributed by atoms with Crippen molar-refractivity contribution in [1.82, 2.24) is 14.7 Å². The number of nitrogens with one attached hydrogen (secondary N) is 2. The highest BCUT2D eigenvalue weighted by Gasteiger charge is 2.45. The number of hydrogen-bond donors (Lipinski definition) is 2. The van der Waals surface area contributed by atoms with Gasteiger partial charge < -0.3 is 4.98 Å². The van der Waals surface area contributed by atoms with Gasteiger partial charge in [-0.05, 0) is 6.42 Å². The topological polar surface area (TPSA) is 74.8 Å². The summed E-state index contributed by atoms with van der Waals surface area (Å²) in [7, 11) is -5.22. The fraction of sp³-hybridized carbons (Fsp3) is 0.571. The Kier molecular flexibility index (Phi) is 3.92. The molecule has 0 spiro atoms. The first kappa shape index (κ1) is 13.0. The Morgan fingerprint density at radius 2 is 2.12 bits per heavy atom. The molecular weight excluding hydrogens is 247 g/mol. The molecule has 1 aromatic heterocycles. The smallest absolute Gasteiger partial charge is 0.349 e. The van der Waals surface area contributed by atoms with Crippen LogP contribution >= 0.6 is 0 Å². The number of imidazole rings is 1. The minimum absolute atomic E-state index is 0.239. The second-order valence-electron chi connectivity index (χ2n) is 2.98. The number of hydrogen-bond acceptors (Lipinski definition) is 3. The van der Waals surface area contributed by atoms with Crippen LogP contribution in [0.25, 0.3) is 0 Å². The quantitative estimate of drug-likeness (QED) is 0.765. The number of alkyl halides is 3. The summed E-state index contributed by atoms with van der Waals surface area (Å²) in [6, 6.07) is 0. The van der Waals surface area contributed by atoms with E-state index >= 15 is 0 Å². The number of H-pyrrole nitrogens is 1. The second-order valence-corrected chi connectivity index (χ2v) is 4.74. The Bertz CT molecular complexity index is 413. The van der Waals surface area contributed by atoms with E-state index in [-0.39, 0.29) is 13.0 Å². The molecule has 1 rings (SSSR count). The van der Waals surface area contributed by atoms with Crippen molar-refractivity contribution in [3.8, 4) is 0 Å². The van der Waals surface area contributed by atoms with Gasteiger partial charge >= 0.3 is 15.5 Å². The number of sulfonamides is 1. The van der Waals surface area contributed by atoms with Crippen LogP contribution < -0.4 is 4.72 Å². The first-order valence-electron chi connectivity index (χ1n) is 4.37. The van der Waals surface area contributed by atoms with Gasteiger partial charge in [0.1, 0.15) is 5.82 Å². The van der Waals surface area contributed by atoms with Gasteiger partial charge in [0.05, 0.1) is 0 Å². The van der Waals surface area contributed by atoms with Crippen molar-refractivity contribution in [2.24, 2.45) is 0 Å². The largest absolute Gasteiger partial charge is 0.511 e. The van der Waals surface area contributed by atoms with Crippen LogP contribution in [0.15, 0.2) is 12.4 Å². The Morgan fingerprint density at radius 3 is 2.62 bits per heavy atom. The van der Waals surface area contributed by atoms with E-state index in [0.29, 0.717) is 12.2 Å². The van der Waals surface area contributed by atoms with Crippen molar-refractivity contribution in [2.75, 3.05) is 6.54 Å². The van der Waals surface area contributed by atoms with Crippen LogP contribution in [0.4, 0.5) is 13.2 Å². The molecule has 0 radical (unpaired) electrons. The Morgan fingerprint density at radius 1 is 1.44 bits per heavy atom. The van der Waals surface area contributed by atoms with Crippen LogP contribution in [0.1, 0.15) is 12.2 Å². The van der Waals surface area contributed by atoms with Crippen molar-refractivity contribution >= 4 is 10.0 Å². The third kappa shape index (κ3) is 3.49. The van der Waals surface area contributed by atoms with E-state index in [9.17, 15) is 21.6 Å². The van der Waals surface area contributed by atoms with Gasteiger partial charge in [-0.15, -0.1) is 0 Å². The van der Waals surface area contributed by atoms with E-state index in [1.807, 2.05) is 0 Å². The molecule has 92 valence electrons. The lowest BCUT2D eigenvalue weighted by Crippen LogP contribution is -2.37. The van der Waals surface area contributed by atoms with Crippen LogP contribution in [-0.2, 0) is 16.4 Å². The van der Waals surface area contributed by atoms with E-state index < -0.39 is 15.5 Å². The molecular formula is C7H10F3N3O2S. The van der Waals surface area contributed by atoms with Crippen LogP contribution in [0, 0.1) is 0 Å². The normalized spacial score (nSPS) is 12.9. The van der Waals surface area contributed by atoms with Crippen molar-refractivity contribution < 1.29 is 21.6 Å². The zero-order valence-electron chi connectivity index (χ0n) is 8.08. The van der Waals surface area contributed by atoms with E-state index in [4.69, 9.17) is 0 Å². The average Bonchev–Trinajstić information content (AvgIpc) is 2.63. The van der Waals surface area contributed by atoms with Crippen molar-refractivity contribution in [1.29, 1.82) is 0 Å². The first-order chi connectivity index (χ1) is 7.33. The van der Waals surface area contributed by atoms with Crippen molar-refractivity contribution in [2.45, 2.75) is 18.3 Å². The minimum atomic E-state index is -5.25. The number of nitrogens with zero attached hydrogens (tertiary/aromatic N) is 1. The number of rotatable bonds is 5. The Labute approximate surface area is 90.1 Å². The van der Waals surface area contributed by atoms with Crippen LogP contribution in [0.3, 0.4) is 0 Å². The molecule has 0 saturated carbocycles. The summed E-state index contributed by atoms with van der Waals surface area (Å²) in [5.41, 5.74) is -5.25. The van der Waals surface area contributed by atoms with Crippen LogP contribution in [0.2, 0.25) is 0 Å². The summed E-state index contributed by atoms with van der Waals surface area (Å²) in [4.78, 5) is 6.60. The van der Waals surface area contributed by atoms with Gasteiger partial charge in [0, 0.05) is 25.4 Å². The molecule has 16 heavy (non-hydrogen) atoms. The van der Waals surface area contributed by atoms with E-state index in [1.165, 1.54) is 10.9 Å². The monoisotopic (exact) mass is 257 g/mol. The molecule has 0 aliphatic heterocycles. The fourth-order valence-electron chi connectivity index (χ4n) is 0.979. The molecule has 5 nitrogen and oxygen atoms in total. The molecule has 1 heterocycles. The standard InChI is InChI=1S/C7H10F3N3O2S/c8-7(9,10)16(14,15)13-3-1-2-6-11-4-5-12-6/h4-5,13H,1-3H2,(H,11,12). The highest BCUT2D eigenvalue weighted by Crippen LogP contribution is 2.21. The Balaban J connectivity index is 2.31. The zero-order chi connectivity index (χ0) is 12.2. The highest BCUT2D eigenvalue weighted by atomic mass is 32.2. The maximum atomic E-state index is 11.9. The molecule has 0 bridgehead atoms. The lowest BCUT2D eigenvalue weighted by molar-refractivity contribution is -0.0447. The second kappa shape index (κ2) is 4.83. The molecule has 0 saturated heterocycles. The summed E-state index contributed by atoms with van der Waals surface area (Å²) in [5.74, 6) is 0.603. The summed E-state index contributed by atoms with van der Waals surface area (Å²) < 4.78 is 58.2. The van der Waals surface area contributed by atoms with Gasteiger partial charge in [-0.2, -0.15) is 13.2 Å². The van der Waals surface area contributed by atoms with Gasteiger partial charge in [-0.3, -0.25) is 0 Å². The maximum absolute atomic E-state index is 11.9. The lowest BCUT2D eigenvalue weighted by atomic mass is 10.3. The van der Waals surface area contributed by atoms with E-state index in [2.05, 4.69) is 9.97 Å². The van der Waals surface area contributed by atoms with Gasteiger partial charge in [-0.25, -0.2) is 18.1 Å². The number of aryl methyl sites for hydroxylation is 1. The first-order valence-corrected chi connectivity index (χ1v) is 5.85. The van der Waals surface area contributed by atoms with Crippen molar-refractivity contribution in [3.63, 3.8) is 0 Å². The predicted octanol–water partition coefficient (Wildman–Crippen LogP) is 0.781. The van der Waals surface area contributed by atoms with E-state index in [1.54, 1.807) is 6.20 Å². The fourth-order valence-corrected chi connectivity index (χ4v) is 1.56. The number of aromatic amines is 1. The molecule has 0 aromatic carbocycles. The van der Waals surface area contributed by atoms with Gasteiger partial charge in [-0.1, -0.05) is 0 Å². The maximum Gasteiger partial charge on any atom is 0.511 e. The molecule has 0 amide bonds.